The zero-order valence-electron chi connectivity index (χ0n) is 42.0. The molecule has 0 saturated heterocycles. The first kappa shape index (κ1) is 48.1. The summed E-state index contributed by atoms with van der Waals surface area (Å²) in [5.41, 5.74) is 10.6. The minimum atomic E-state index is 0.408. The van der Waals surface area contributed by atoms with Crippen molar-refractivity contribution in [3.63, 3.8) is 0 Å². The lowest BCUT2D eigenvalue weighted by molar-refractivity contribution is 0.325. The molecule has 2 N–H and O–H groups in total. The van der Waals surface area contributed by atoms with Crippen LogP contribution in [0.25, 0.3) is 90.9 Å². The summed E-state index contributed by atoms with van der Waals surface area (Å²) in [7, 11) is 19.0. The molecule has 0 spiro atoms. The van der Waals surface area contributed by atoms with Gasteiger partial charge in [0.15, 0.2) is 46.0 Å². The highest BCUT2D eigenvalue weighted by Gasteiger charge is 2.28. The van der Waals surface area contributed by atoms with E-state index in [0.29, 0.717) is 158 Å². The van der Waals surface area contributed by atoms with E-state index >= 15 is 0 Å². The Morgan fingerprint density at radius 1 is 0.250 bits per heavy atom. The molecule has 370 valence electrons. The minimum absolute atomic E-state index is 0.408. The van der Waals surface area contributed by atoms with Crippen LogP contribution in [0.3, 0.4) is 0 Å². The molecule has 5 heterocycles. The van der Waals surface area contributed by atoms with Crippen LogP contribution in [0.4, 0.5) is 0 Å². The molecule has 0 saturated carbocycles. The summed E-state index contributed by atoms with van der Waals surface area (Å²) in [6.07, 6.45) is 7.87. The molecule has 16 nitrogen and oxygen atoms in total. The zero-order chi connectivity index (χ0) is 50.8. The van der Waals surface area contributed by atoms with Gasteiger partial charge in [-0.15, -0.1) is 0 Å². The number of hydrogen-bond donors (Lipinski definition) is 2. The van der Waals surface area contributed by atoms with Gasteiger partial charge in [-0.2, -0.15) is 0 Å². The van der Waals surface area contributed by atoms with Gasteiger partial charge < -0.3 is 66.8 Å². The van der Waals surface area contributed by atoms with Gasteiger partial charge in [-0.05, 0) is 97.1 Å². The lowest BCUT2D eigenvalue weighted by Gasteiger charge is -2.17. The van der Waals surface area contributed by atoms with Gasteiger partial charge >= 0.3 is 0 Å². The topological polar surface area (TPSA) is 168 Å². The smallest absolute Gasteiger partial charge is 0.203 e. The van der Waals surface area contributed by atoms with Crippen LogP contribution >= 0.6 is 0 Å². The maximum Gasteiger partial charge on any atom is 0.203 e. The third-order valence-corrected chi connectivity index (χ3v) is 12.6. The van der Waals surface area contributed by atoms with Crippen LogP contribution in [0.15, 0.2) is 72.8 Å². The number of aromatic nitrogens is 4. The van der Waals surface area contributed by atoms with Crippen molar-refractivity contribution >= 4 is 46.4 Å². The predicted molar refractivity (Wildman–Crippen MR) is 279 cm³/mol. The van der Waals surface area contributed by atoms with Crippen molar-refractivity contribution < 1.29 is 56.8 Å². The number of hydrogen-bond acceptors (Lipinski definition) is 14. The number of methoxy groups -OCH3 is 12. The van der Waals surface area contributed by atoms with Gasteiger partial charge in [-0.25, -0.2) is 9.97 Å². The van der Waals surface area contributed by atoms with Gasteiger partial charge in [0.25, 0.3) is 0 Å². The van der Waals surface area contributed by atoms with E-state index in [0.717, 1.165) is 0 Å². The molecule has 0 radical (unpaired) electrons. The number of H-pyrrole nitrogens is 2. The normalized spacial score (nSPS) is 11.5. The molecule has 72 heavy (non-hydrogen) atoms. The van der Waals surface area contributed by atoms with Gasteiger partial charge in [-0.1, -0.05) is 0 Å². The predicted octanol–water partition coefficient (Wildman–Crippen LogP) is 11.4. The third kappa shape index (κ3) is 7.90. The van der Waals surface area contributed by atoms with Crippen LogP contribution in [0, 0.1) is 0 Å². The van der Waals surface area contributed by atoms with Crippen LogP contribution in [0.1, 0.15) is 22.8 Å². The Balaban J connectivity index is 1.54. The van der Waals surface area contributed by atoms with E-state index in [1.807, 2.05) is 97.1 Å². The van der Waals surface area contributed by atoms with Gasteiger partial charge in [0.1, 0.15) is 0 Å². The Labute approximate surface area is 416 Å². The highest BCUT2D eigenvalue weighted by molar-refractivity contribution is 6.03. The lowest BCUT2D eigenvalue weighted by atomic mass is 10.0. The summed E-state index contributed by atoms with van der Waals surface area (Å²) in [6.45, 7) is 0. The summed E-state index contributed by atoms with van der Waals surface area (Å²) in [4.78, 5) is 18.5. The van der Waals surface area contributed by atoms with Gasteiger partial charge in [0, 0.05) is 66.6 Å². The molecule has 2 aliphatic heterocycles. The Kier molecular flexibility index (Phi) is 13.5. The maximum atomic E-state index is 6.16. The molecule has 9 rings (SSSR count). The van der Waals surface area contributed by atoms with Crippen LogP contribution < -0.4 is 56.8 Å². The second-order valence-electron chi connectivity index (χ2n) is 16.0. The highest BCUT2D eigenvalue weighted by Crippen LogP contribution is 2.52. The second-order valence-corrected chi connectivity index (χ2v) is 16.0. The van der Waals surface area contributed by atoms with Crippen LogP contribution in [0.2, 0.25) is 0 Å². The van der Waals surface area contributed by atoms with E-state index < -0.39 is 0 Å². The number of rotatable bonds is 16. The Morgan fingerprint density at radius 2 is 0.458 bits per heavy atom. The number of nitrogens with one attached hydrogen (secondary N) is 2. The van der Waals surface area contributed by atoms with Crippen LogP contribution in [0.5, 0.6) is 69.0 Å². The van der Waals surface area contributed by atoms with E-state index in [1.165, 1.54) is 0 Å². The molecule has 0 atom stereocenters. The van der Waals surface area contributed by atoms with E-state index in [2.05, 4.69) is 9.97 Å². The molecule has 7 aromatic rings. The quantitative estimate of drug-likeness (QED) is 0.0938. The van der Waals surface area contributed by atoms with E-state index in [9.17, 15) is 0 Å². The molecule has 3 aromatic heterocycles. The zero-order valence-corrected chi connectivity index (χ0v) is 42.0. The first-order valence-corrected chi connectivity index (χ1v) is 22.5. The number of benzene rings is 4. The number of ether oxygens (including phenoxy) is 12. The Hall–Kier alpha value is -8.92. The van der Waals surface area contributed by atoms with Crippen molar-refractivity contribution in [1.82, 2.24) is 19.9 Å². The largest absolute Gasteiger partial charge is 0.493 e. The number of fused-ring (bicyclic) bond motifs is 8. The van der Waals surface area contributed by atoms with E-state index in [1.54, 1.807) is 85.3 Å². The van der Waals surface area contributed by atoms with Gasteiger partial charge in [-0.3, -0.25) is 0 Å². The average molecular weight is 975 g/mol. The summed E-state index contributed by atoms with van der Waals surface area (Å²) in [5.74, 6) is 5.33. The fourth-order valence-corrected chi connectivity index (χ4v) is 9.53. The van der Waals surface area contributed by atoms with E-state index in [4.69, 9.17) is 66.8 Å². The molecule has 8 bridgehead atoms. The molecule has 16 heteroatoms. The molecule has 2 aliphatic rings. The molecule has 4 aromatic carbocycles. The molecular formula is C56H54N4O12. The monoisotopic (exact) mass is 974 g/mol. The minimum Gasteiger partial charge on any atom is -0.493 e. The first-order chi connectivity index (χ1) is 35.2. The third-order valence-electron chi connectivity index (χ3n) is 12.6. The SMILES string of the molecule is COc1ccc(-c2c3nc(c(-c4ccc(OC)c(OC)c4OC)c4ccc([nH]4)c(-c4ccc(OC)c(OC)c4OC)c4nc(c(-c5ccc(OC)c(OC)c5OC)c5ccc2[nH]5)C=C4)C=C3)c(OC)c1OC. The average Bonchev–Trinajstić information content (AvgIpc) is 4.28. The summed E-state index contributed by atoms with van der Waals surface area (Å²) in [5, 5.41) is 0. The Bertz CT molecular complexity index is 3040. The summed E-state index contributed by atoms with van der Waals surface area (Å²) in [6, 6.07) is 23.0. The molecule has 0 amide bonds. The van der Waals surface area contributed by atoms with Crippen LogP contribution in [-0.2, 0) is 0 Å². The Morgan fingerprint density at radius 3 is 0.639 bits per heavy atom. The lowest BCUT2D eigenvalue weighted by Crippen LogP contribution is -1.99. The standard InChI is InChI=1S/C56H54N4O12/c1-61-41-25-13-29(49(65-5)53(41)69-9)45-33-17-19-35(57-33)46(30-14-26-42(62-2)54(70-10)50(30)66-6)37-21-23-39(59-37)48(32-16-28-44(64-4)56(72-12)52(32)68-8)40-24-22-38(60-40)47(36-20-18-34(45)58-36)31-15-27-43(63-3)55(71-11)51(31)67-7/h13-28,57,60H,1-12H3. The molecule has 0 fully saturated rings. The van der Waals surface area contributed by atoms with Crippen molar-refractivity contribution in [2.24, 2.45) is 0 Å². The van der Waals surface area contributed by atoms with Crippen molar-refractivity contribution in [2.75, 3.05) is 85.3 Å². The fourth-order valence-electron chi connectivity index (χ4n) is 9.53. The molecular weight excluding hydrogens is 921 g/mol. The van der Waals surface area contributed by atoms with Crippen LogP contribution in [-0.4, -0.2) is 105 Å². The van der Waals surface area contributed by atoms with Crippen molar-refractivity contribution in [1.29, 1.82) is 0 Å². The molecule has 0 unspecified atom stereocenters. The van der Waals surface area contributed by atoms with Crippen molar-refractivity contribution in [2.45, 2.75) is 0 Å². The molecule has 0 aliphatic carbocycles. The number of aromatic amines is 2. The first-order valence-electron chi connectivity index (χ1n) is 22.5. The van der Waals surface area contributed by atoms with Gasteiger partial charge in [0.05, 0.1) is 108 Å². The van der Waals surface area contributed by atoms with Crippen molar-refractivity contribution in [3.8, 4) is 114 Å². The fraction of sp³-hybridized carbons (Fsp3) is 0.214. The van der Waals surface area contributed by atoms with Gasteiger partial charge in [0.2, 0.25) is 23.0 Å². The van der Waals surface area contributed by atoms with E-state index in [-0.39, 0.29) is 0 Å². The summed E-state index contributed by atoms with van der Waals surface area (Å²) >= 11 is 0. The van der Waals surface area contributed by atoms with Crippen molar-refractivity contribution in [3.05, 3.63) is 95.6 Å². The maximum absolute atomic E-state index is 6.16. The second kappa shape index (κ2) is 20.2. The highest BCUT2D eigenvalue weighted by atomic mass is 16.5. The summed E-state index contributed by atoms with van der Waals surface area (Å²) < 4.78 is 71.4. The number of nitrogens with zero attached hydrogens (tertiary/aromatic N) is 2.